The molecule has 2 unspecified atom stereocenters. The zero-order chi connectivity index (χ0) is 10.9. The summed E-state index contributed by atoms with van der Waals surface area (Å²) in [6.07, 6.45) is 1.98. The fourth-order valence-electron chi connectivity index (χ4n) is 1.74. The van der Waals surface area contributed by atoms with Crippen LogP contribution in [0.1, 0.15) is 19.8 Å². The molecule has 1 fully saturated rings. The minimum Gasteiger partial charge on any atom is -0.388 e. The largest absolute Gasteiger partial charge is 0.388 e. The van der Waals surface area contributed by atoms with Gasteiger partial charge in [-0.3, -0.25) is 0 Å². The molecule has 0 bridgehead atoms. The third-order valence-electron chi connectivity index (χ3n) is 2.58. The Labute approximate surface area is 92.0 Å². The maximum Gasteiger partial charge on any atom is 0.101 e. The highest BCUT2D eigenvalue weighted by atomic mass is 16.5. The predicted molar refractivity (Wildman–Crippen MR) is 58.9 cm³/mol. The Morgan fingerprint density at radius 2 is 2.20 bits per heavy atom. The monoisotopic (exact) mass is 217 g/mol. The average Bonchev–Trinajstić information content (AvgIpc) is 2.28. The van der Waals surface area contributed by atoms with Gasteiger partial charge in [-0.1, -0.05) is 0 Å². The summed E-state index contributed by atoms with van der Waals surface area (Å²) in [5.41, 5.74) is 0. The fourth-order valence-corrected chi connectivity index (χ4v) is 1.74. The zero-order valence-electron chi connectivity index (χ0n) is 9.58. The van der Waals surface area contributed by atoms with E-state index in [0.717, 1.165) is 19.7 Å². The lowest BCUT2D eigenvalue weighted by Crippen LogP contribution is -2.33. The van der Waals surface area contributed by atoms with Gasteiger partial charge in [0, 0.05) is 13.2 Å². The van der Waals surface area contributed by atoms with E-state index in [4.69, 9.17) is 9.47 Å². The van der Waals surface area contributed by atoms with Gasteiger partial charge in [0.25, 0.3) is 0 Å². The van der Waals surface area contributed by atoms with Crippen molar-refractivity contribution in [1.82, 2.24) is 5.32 Å². The first-order valence-corrected chi connectivity index (χ1v) is 5.87. The van der Waals surface area contributed by atoms with Crippen LogP contribution in [0.4, 0.5) is 0 Å². The molecule has 90 valence electrons. The molecule has 0 radical (unpaired) electrons. The van der Waals surface area contributed by atoms with Crippen LogP contribution in [-0.4, -0.2) is 50.7 Å². The van der Waals surface area contributed by atoms with Crippen LogP contribution in [0.25, 0.3) is 0 Å². The molecule has 1 aliphatic rings. The number of rotatable bonds is 7. The maximum absolute atomic E-state index is 9.44. The van der Waals surface area contributed by atoms with Gasteiger partial charge in [-0.05, 0) is 32.2 Å². The van der Waals surface area contributed by atoms with Gasteiger partial charge in [0.1, 0.15) is 6.10 Å². The van der Waals surface area contributed by atoms with Crippen molar-refractivity contribution in [3.05, 3.63) is 0 Å². The van der Waals surface area contributed by atoms with Gasteiger partial charge >= 0.3 is 0 Å². The van der Waals surface area contributed by atoms with Crippen molar-refractivity contribution in [2.45, 2.75) is 25.9 Å². The molecule has 0 aromatic rings. The molecule has 4 nitrogen and oxygen atoms in total. The van der Waals surface area contributed by atoms with Gasteiger partial charge < -0.3 is 19.9 Å². The lowest BCUT2D eigenvalue weighted by atomic mass is 10.0. The minimum atomic E-state index is -0.485. The number of nitrogens with one attached hydrogen (secondary N) is 1. The van der Waals surface area contributed by atoms with Crippen molar-refractivity contribution < 1.29 is 14.6 Å². The molecule has 1 rings (SSSR count). The normalized spacial score (nSPS) is 24.0. The highest BCUT2D eigenvalue weighted by Crippen LogP contribution is 2.09. The van der Waals surface area contributed by atoms with Crippen molar-refractivity contribution in [3.8, 4) is 0 Å². The van der Waals surface area contributed by atoms with Gasteiger partial charge in [-0.25, -0.2) is 0 Å². The smallest absolute Gasteiger partial charge is 0.101 e. The molecule has 0 spiro atoms. The molecule has 0 saturated carbocycles. The Morgan fingerprint density at radius 3 is 2.87 bits per heavy atom. The van der Waals surface area contributed by atoms with E-state index in [2.05, 4.69) is 5.32 Å². The average molecular weight is 217 g/mol. The minimum absolute atomic E-state index is 0.374. The van der Waals surface area contributed by atoms with Crippen LogP contribution in [0.3, 0.4) is 0 Å². The summed E-state index contributed by atoms with van der Waals surface area (Å²) >= 11 is 0. The topological polar surface area (TPSA) is 50.7 Å². The van der Waals surface area contributed by atoms with Crippen molar-refractivity contribution in [2.75, 3.05) is 39.5 Å². The summed E-state index contributed by atoms with van der Waals surface area (Å²) in [6, 6.07) is 0. The first kappa shape index (κ1) is 12.9. The number of aliphatic hydroxyl groups is 1. The molecule has 0 amide bonds. The van der Waals surface area contributed by atoms with Gasteiger partial charge in [-0.15, -0.1) is 0 Å². The van der Waals surface area contributed by atoms with E-state index >= 15 is 0 Å². The lowest BCUT2D eigenvalue weighted by Gasteiger charge is -2.23. The van der Waals surface area contributed by atoms with Crippen molar-refractivity contribution in [1.29, 1.82) is 0 Å². The Balaban J connectivity index is 1.94. The van der Waals surface area contributed by atoms with Crippen molar-refractivity contribution in [3.63, 3.8) is 0 Å². The maximum atomic E-state index is 9.44. The molecule has 0 aromatic heterocycles. The van der Waals surface area contributed by atoms with Crippen LogP contribution in [-0.2, 0) is 9.47 Å². The molecule has 1 aliphatic heterocycles. The predicted octanol–water partition coefficient (Wildman–Crippen LogP) is 0.400. The first-order chi connectivity index (χ1) is 7.33. The Kier molecular flexibility index (Phi) is 6.92. The van der Waals surface area contributed by atoms with E-state index in [1.165, 1.54) is 12.8 Å². The van der Waals surface area contributed by atoms with E-state index < -0.39 is 6.10 Å². The van der Waals surface area contributed by atoms with Crippen LogP contribution >= 0.6 is 0 Å². The van der Waals surface area contributed by atoms with Crippen LogP contribution in [0.2, 0.25) is 0 Å². The molecule has 0 aromatic carbocycles. The van der Waals surface area contributed by atoms with Crippen LogP contribution in [0.5, 0.6) is 0 Å². The molecule has 4 heteroatoms. The molecule has 1 saturated heterocycles. The van der Waals surface area contributed by atoms with E-state index in [9.17, 15) is 5.11 Å². The summed E-state index contributed by atoms with van der Waals surface area (Å²) < 4.78 is 10.6. The number of ether oxygens (including phenoxy) is 2. The van der Waals surface area contributed by atoms with Gasteiger partial charge in [0.2, 0.25) is 0 Å². The number of piperidine rings is 1. The summed E-state index contributed by atoms with van der Waals surface area (Å²) in [7, 11) is 0. The molecular formula is C11H23NO3. The molecule has 2 N–H and O–H groups in total. The summed E-state index contributed by atoms with van der Waals surface area (Å²) in [6.45, 7) is 6.24. The second-order valence-corrected chi connectivity index (χ2v) is 4.06. The second-order valence-electron chi connectivity index (χ2n) is 4.06. The van der Waals surface area contributed by atoms with E-state index in [1.54, 1.807) is 0 Å². The zero-order valence-corrected chi connectivity index (χ0v) is 9.58. The quantitative estimate of drug-likeness (QED) is 0.648. The summed E-state index contributed by atoms with van der Waals surface area (Å²) in [5.74, 6) is 0.609. The van der Waals surface area contributed by atoms with Crippen LogP contribution in [0, 0.1) is 5.92 Å². The van der Waals surface area contributed by atoms with E-state index in [0.29, 0.717) is 25.7 Å². The van der Waals surface area contributed by atoms with Crippen molar-refractivity contribution >= 4 is 0 Å². The Morgan fingerprint density at radius 1 is 1.40 bits per heavy atom. The van der Waals surface area contributed by atoms with E-state index in [1.807, 2.05) is 6.92 Å². The summed E-state index contributed by atoms with van der Waals surface area (Å²) in [5, 5.41) is 12.8. The third kappa shape index (κ3) is 6.10. The highest BCUT2D eigenvalue weighted by molar-refractivity contribution is 4.68. The summed E-state index contributed by atoms with van der Waals surface area (Å²) in [4.78, 5) is 0. The molecular weight excluding hydrogens is 194 g/mol. The van der Waals surface area contributed by atoms with Gasteiger partial charge in [0.15, 0.2) is 0 Å². The fraction of sp³-hybridized carbons (Fsp3) is 1.00. The number of hydrogen-bond acceptors (Lipinski definition) is 4. The Bertz CT molecular complexity index is 149. The lowest BCUT2D eigenvalue weighted by molar-refractivity contribution is -0.0252. The number of hydrogen-bond donors (Lipinski definition) is 2. The van der Waals surface area contributed by atoms with E-state index in [-0.39, 0.29) is 0 Å². The highest BCUT2D eigenvalue weighted by Gasteiger charge is 2.13. The van der Waals surface area contributed by atoms with Crippen LogP contribution < -0.4 is 5.32 Å². The van der Waals surface area contributed by atoms with Gasteiger partial charge in [-0.2, -0.15) is 0 Å². The third-order valence-corrected chi connectivity index (χ3v) is 2.58. The second kappa shape index (κ2) is 8.05. The molecule has 15 heavy (non-hydrogen) atoms. The van der Waals surface area contributed by atoms with Crippen LogP contribution in [0.15, 0.2) is 0 Å². The molecule has 0 aliphatic carbocycles. The van der Waals surface area contributed by atoms with Gasteiger partial charge in [0.05, 0.1) is 19.8 Å². The molecule has 1 heterocycles. The molecule has 2 atom stereocenters. The SMILES string of the molecule is CCOCC(O)COCC1CCCNC1. The Hall–Kier alpha value is -0.160. The standard InChI is InChI=1S/C11H23NO3/c1-2-14-8-11(13)9-15-7-10-4-3-5-12-6-10/h10-13H,2-9H2,1H3. The number of aliphatic hydroxyl groups excluding tert-OH is 1. The first-order valence-electron chi connectivity index (χ1n) is 5.87. The van der Waals surface area contributed by atoms with Crippen molar-refractivity contribution in [2.24, 2.45) is 5.92 Å².